The van der Waals surface area contributed by atoms with E-state index in [4.69, 9.17) is 0 Å². The Hall–Kier alpha value is -1.50. The average Bonchev–Trinajstić information content (AvgIpc) is 2.43. The topological polar surface area (TPSA) is 71.1 Å². The number of hydrogen-bond donors (Lipinski definition) is 2. The predicted molar refractivity (Wildman–Crippen MR) is 80.1 cm³/mol. The summed E-state index contributed by atoms with van der Waals surface area (Å²) in [5.41, 5.74) is 0.677. The van der Waals surface area contributed by atoms with Gasteiger partial charge in [-0.3, -0.25) is 4.98 Å². The Bertz CT molecular complexity index is 678. The first kappa shape index (κ1) is 14.9. The molecule has 0 fully saturated rings. The fraction of sp³-hybridized carbons (Fsp3) is 0.357. The maximum absolute atomic E-state index is 12.3. The van der Waals surface area contributed by atoms with Crippen molar-refractivity contribution in [1.29, 1.82) is 0 Å². The van der Waals surface area contributed by atoms with Crippen LogP contribution in [0, 0.1) is 0 Å². The number of aromatic nitrogens is 1. The lowest BCUT2D eigenvalue weighted by Gasteiger charge is -2.11. The van der Waals surface area contributed by atoms with Crippen LogP contribution in [0.4, 0.5) is 0 Å². The van der Waals surface area contributed by atoms with Crippen LogP contribution in [0.3, 0.4) is 0 Å². The lowest BCUT2D eigenvalue weighted by molar-refractivity contribution is 0.560. The molecule has 0 saturated carbocycles. The molecule has 0 atom stereocenters. The van der Waals surface area contributed by atoms with Gasteiger partial charge in [0, 0.05) is 30.7 Å². The van der Waals surface area contributed by atoms with E-state index in [0.29, 0.717) is 30.0 Å². The highest BCUT2D eigenvalue weighted by atomic mass is 32.2. The molecule has 5 nitrogen and oxygen atoms in total. The molecule has 0 aliphatic carbocycles. The van der Waals surface area contributed by atoms with Gasteiger partial charge in [0.15, 0.2) is 0 Å². The molecule has 0 saturated heterocycles. The third-order valence-corrected chi connectivity index (χ3v) is 4.38. The number of nitrogens with one attached hydrogen (secondary N) is 2. The molecule has 1 heterocycles. The van der Waals surface area contributed by atoms with Gasteiger partial charge in [-0.1, -0.05) is 19.9 Å². The third-order valence-electron chi connectivity index (χ3n) is 2.86. The summed E-state index contributed by atoms with van der Waals surface area (Å²) in [6.45, 7) is 4.99. The van der Waals surface area contributed by atoms with Crippen LogP contribution in [-0.4, -0.2) is 32.5 Å². The lowest BCUT2D eigenvalue weighted by atomic mass is 10.2. The lowest BCUT2D eigenvalue weighted by Crippen LogP contribution is -2.34. The molecular formula is C14H19N3O2S. The van der Waals surface area contributed by atoms with E-state index in [-0.39, 0.29) is 4.90 Å². The van der Waals surface area contributed by atoms with Gasteiger partial charge in [-0.25, -0.2) is 13.1 Å². The van der Waals surface area contributed by atoms with Crippen molar-refractivity contribution < 1.29 is 8.42 Å². The molecule has 2 rings (SSSR count). The fourth-order valence-electron chi connectivity index (χ4n) is 1.93. The summed E-state index contributed by atoms with van der Waals surface area (Å²) in [5, 5.41) is 3.81. The van der Waals surface area contributed by atoms with Crippen LogP contribution in [0.25, 0.3) is 10.9 Å². The molecule has 0 unspecified atom stereocenters. The molecule has 20 heavy (non-hydrogen) atoms. The van der Waals surface area contributed by atoms with Crippen molar-refractivity contribution in [3.8, 4) is 0 Å². The van der Waals surface area contributed by atoms with E-state index in [1.165, 1.54) is 0 Å². The van der Waals surface area contributed by atoms with E-state index in [2.05, 4.69) is 15.0 Å². The van der Waals surface area contributed by atoms with Gasteiger partial charge in [0.1, 0.15) is 0 Å². The van der Waals surface area contributed by atoms with Crippen molar-refractivity contribution in [2.75, 3.05) is 13.1 Å². The van der Waals surface area contributed by atoms with Crippen molar-refractivity contribution in [3.63, 3.8) is 0 Å². The van der Waals surface area contributed by atoms with Crippen LogP contribution in [0.1, 0.15) is 13.8 Å². The highest BCUT2D eigenvalue weighted by Gasteiger charge is 2.16. The molecule has 2 N–H and O–H groups in total. The minimum Gasteiger partial charge on any atom is -0.313 e. The molecule has 1 aromatic heterocycles. The van der Waals surface area contributed by atoms with Gasteiger partial charge in [0.2, 0.25) is 10.0 Å². The Morgan fingerprint density at radius 2 is 1.95 bits per heavy atom. The standard InChI is InChI=1S/C14H19N3O2S/c1-11(2)15-9-10-17-20(18,19)14-7-3-6-13-12(14)5-4-8-16-13/h3-8,11,15,17H,9-10H2,1-2H3. The fourth-order valence-corrected chi connectivity index (χ4v) is 3.18. The Balaban J connectivity index is 2.19. The number of sulfonamides is 1. The predicted octanol–water partition coefficient (Wildman–Crippen LogP) is 1.51. The molecule has 0 aliphatic heterocycles. The zero-order chi connectivity index (χ0) is 14.6. The quantitative estimate of drug-likeness (QED) is 0.792. The molecule has 0 radical (unpaired) electrons. The molecular weight excluding hydrogens is 274 g/mol. The first-order valence-corrected chi connectivity index (χ1v) is 8.06. The van der Waals surface area contributed by atoms with Gasteiger partial charge in [0.25, 0.3) is 0 Å². The number of benzene rings is 1. The van der Waals surface area contributed by atoms with E-state index in [9.17, 15) is 8.42 Å². The third kappa shape index (κ3) is 3.53. The summed E-state index contributed by atoms with van der Waals surface area (Å²) in [4.78, 5) is 4.44. The number of rotatable bonds is 6. The largest absolute Gasteiger partial charge is 0.313 e. The van der Waals surface area contributed by atoms with Crippen molar-refractivity contribution in [2.24, 2.45) is 0 Å². The maximum atomic E-state index is 12.3. The van der Waals surface area contributed by atoms with Gasteiger partial charge in [-0.15, -0.1) is 0 Å². The van der Waals surface area contributed by atoms with Gasteiger partial charge in [-0.2, -0.15) is 0 Å². The summed E-state index contributed by atoms with van der Waals surface area (Å²) in [6, 6.07) is 8.94. The molecule has 6 heteroatoms. The van der Waals surface area contributed by atoms with Crippen LogP contribution in [0.2, 0.25) is 0 Å². The Kier molecular flexibility index (Phi) is 4.69. The second-order valence-electron chi connectivity index (χ2n) is 4.83. The van der Waals surface area contributed by atoms with E-state index in [0.717, 1.165) is 0 Å². The van der Waals surface area contributed by atoms with E-state index >= 15 is 0 Å². The molecule has 2 aromatic rings. The Morgan fingerprint density at radius 3 is 2.70 bits per heavy atom. The van der Waals surface area contributed by atoms with Crippen LogP contribution >= 0.6 is 0 Å². The highest BCUT2D eigenvalue weighted by Crippen LogP contribution is 2.20. The molecule has 0 bridgehead atoms. The van der Waals surface area contributed by atoms with Crippen LogP contribution in [-0.2, 0) is 10.0 Å². The second kappa shape index (κ2) is 6.30. The van der Waals surface area contributed by atoms with Gasteiger partial charge in [0.05, 0.1) is 10.4 Å². The first-order valence-electron chi connectivity index (χ1n) is 6.57. The summed E-state index contributed by atoms with van der Waals surface area (Å²) in [5.74, 6) is 0. The van der Waals surface area contributed by atoms with Crippen molar-refractivity contribution in [2.45, 2.75) is 24.8 Å². The monoisotopic (exact) mass is 293 g/mol. The van der Waals surface area contributed by atoms with Crippen molar-refractivity contribution in [3.05, 3.63) is 36.5 Å². The first-order chi connectivity index (χ1) is 9.50. The van der Waals surface area contributed by atoms with Crippen molar-refractivity contribution >= 4 is 20.9 Å². The maximum Gasteiger partial charge on any atom is 0.241 e. The van der Waals surface area contributed by atoms with Crippen LogP contribution in [0.15, 0.2) is 41.4 Å². The summed E-state index contributed by atoms with van der Waals surface area (Å²) in [6.07, 6.45) is 1.65. The van der Waals surface area contributed by atoms with Crippen LogP contribution in [0.5, 0.6) is 0 Å². The molecule has 108 valence electrons. The summed E-state index contributed by atoms with van der Waals surface area (Å²) >= 11 is 0. The number of fused-ring (bicyclic) bond motifs is 1. The minimum atomic E-state index is -3.51. The molecule has 1 aromatic carbocycles. The number of hydrogen-bond acceptors (Lipinski definition) is 4. The van der Waals surface area contributed by atoms with E-state index in [1.807, 2.05) is 13.8 Å². The highest BCUT2D eigenvalue weighted by molar-refractivity contribution is 7.89. The minimum absolute atomic E-state index is 0.271. The molecule has 0 amide bonds. The van der Waals surface area contributed by atoms with E-state index < -0.39 is 10.0 Å². The van der Waals surface area contributed by atoms with Gasteiger partial charge < -0.3 is 5.32 Å². The van der Waals surface area contributed by atoms with Crippen LogP contribution < -0.4 is 10.0 Å². The normalized spacial score (nSPS) is 12.2. The van der Waals surface area contributed by atoms with Crippen molar-refractivity contribution in [1.82, 2.24) is 15.0 Å². The summed E-state index contributed by atoms with van der Waals surface area (Å²) < 4.78 is 27.3. The molecule has 0 spiro atoms. The van der Waals surface area contributed by atoms with Gasteiger partial charge in [-0.05, 0) is 24.3 Å². The van der Waals surface area contributed by atoms with E-state index in [1.54, 1.807) is 36.5 Å². The van der Waals surface area contributed by atoms with Gasteiger partial charge >= 0.3 is 0 Å². The second-order valence-corrected chi connectivity index (χ2v) is 6.57. The average molecular weight is 293 g/mol. The smallest absolute Gasteiger partial charge is 0.241 e. The summed E-state index contributed by atoms with van der Waals surface area (Å²) in [7, 11) is -3.51. The molecule has 0 aliphatic rings. The number of pyridine rings is 1. The zero-order valence-corrected chi connectivity index (χ0v) is 12.4. The SMILES string of the molecule is CC(C)NCCNS(=O)(=O)c1cccc2ncccc12. The number of nitrogens with zero attached hydrogens (tertiary/aromatic N) is 1. The Morgan fingerprint density at radius 1 is 1.15 bits per heavy atom. The zero-order valence-electron chi connectivity index (χ0n) is 11.6. The Labute approximate surface area is 119 Å².